The van der Waals surface area contributed by atoms with Crippen LogP contribution >= 0.6 is 0 Å². The van der Waals surface area contributed by atoms with E-state index >= 15 is 0 Å². The van der Waals surface area contributed by atoms with Gasteiger partial charge >= 0.3 is 12.2 Å². The minimum atomic E-state index is -4.55. The summed E-state index contributed by atoms with van der Waals surface area (Å²) < 4.78 is 42.1. The van der Waals surface area contributed by atoms with Crippen LogP contribution in [-0.4, -0.2) is 34.3 Å². The highest BCUT2D eigenvalue weighted by molar-refractivity contribution is 5.92. The zero-order valence-corrected chi connectivity index (χ0v) is 25.1. The summed E-state index contributed by atoms with van der Waals surface area (Å²) in [6.45, 7) is 0.228. The lowest BCUT2D eigenvalue weighted by Gasteiger charge is -2.23. The van der Waals surface area contributed by atoms with Crippen molar-refractivity contribution in [3.8, 4) is 5.75 Å². The number of fused-ring (bicyclic) bond motifs is 2. The number of aromatic nitrogens is 2. The summed E-state index contributed by atoms with van der Waals surface area (Å²) in [7, 11) is 3.27. The molecule has 1 atom stereocenters. The first-order chi connectivity index (χ1) is 22.1. The number of alkyl halides is 3. The largest absolute Gasteiger partial charge is 0.507 e. The maximum absolute atomic E-state index is 14.0. The monoisotopic (exact) mass is 624 g/mol. The zero-order chi connectivity index (χ0) is 32.6. The van der Waals surface area contributed by atoms with E-state index in [1.165, 1.54) is 21.6 Å². The summed E-state index contributed by atoms with van der Waals surface area (Å²) >= 11 is 0. The van der Waals surface area contributed by atoms with Crippen molar-refractivity contribution < 1.29 is 23.1 Å². The molecule has 0 fully saturated rings. The first kappa shape index (κ1) is 30.5. The van der Waals surface area contributed by atoms with Crippen LogP contribution in [-0.2, 0) is 19.6 Å². The molecule has 234 valence electrons. The van der Waals surface area contributed by atoms with Gasteiger partial charge in [0.2, 0.25) is 0 Å². The number of aryl methyl sites for hydroxylation is 1. The Kier molecular flexibility index (Phi) is 8.04. The van der Waals surface area contributed by atoms with Gasteiger partial charge < -0.3 is 20.0 Å². The molecule has 10 heteroatoms. The molecule has 6 rings (SSSR count). The van der Waals surface area contributed by atoms with Crippen LogP contribution in [0.25, 0.3) is 21.8 Å². The molecule has 0 saturated heterocycles. The van der Waals surface area contributed by atoms with Crippen LogP contribution in [0.4, 0.5) is 23.7 Å². The number of pyridine rings is 1. The van der Waals surface area contributed by atoms with Gasteiger partial charge in [0.15, 0.2) is 0 Å². The molecule has 2 amide bonds. The number of carbonyl (C=O) groups excluding carboxylic acids is 1. The molecule has 0 aliphatic heterocycles. The zero-order valence-electron chi connectivity index (χ0n) is 25.1. The molecule has 0 aliphatic carbocycles. The molecular formula is C36H31F3N4O3. The number of para-hydroxylation sites is 3. The summed E-state index contributed by atoms with van der Waals surface area (Å²) in [6.07, 6.45) is -4.22. The normalized spacial score (nSPS) is 12.4. The molecule has 3 N–H and O–H groups in total. The number of benzene rings is 4. The topological polar surface area (TPSA) is 90.4 Å². The van der Waals surface area contributed by atoms with Crippen molar-refractivity contribution in [2.45, 2.75) is 18.5 Å². The van der Waals surface area contributed by atoms with Gasteiger partial charge in [-0.2, -0.15) is 13.2 Å². The summed E-state index contributed by atoms with van der Waals surface area (Å²) in [5.41, 5.74) is 2.38. The van der Waals surface area contributed by atoms with Gasteiger partial charge in [-0.3, -0.25) is 9.69 Å². The van der Waals surface area contributed by atoms with E-state index in [0.29, 0.717) is 28.6 Å². The highest BCUT2D eigenvalue weighted by Gasteiger charge is 2.33. The van der Waals surface area contributed by atoms with E-state index in [-0.39, 0.29) is 23.9 Å². The Morgan fingerprint density at radius 1 is 0.913 bits per heavy atom. The number of nitrogens with one attached hydrogen (secondary N) is 2. The van der Waals surface area contributed by atoms with Gasteiger partial charge in [-0.05, 0) is 60.0 Å². The van der Waals surface area contributed by atoms with Crippen molar-refractivity contribution >= 4 is 33.5 Å². The quantitative estimate of drug-likeness (QED) is 0.174. The Morgan fingerprint density at radius 2 is 1.54 bits per heavy atom. The second kappa shape index (κ2) is 12.1. The number of aromatic hydroxyl groups is 1. The SMILES string of the molecule is CN(C(=O)NCCc1c(C(c2ccc(C(F)(F)F)cc2)c2c(O)c3ccccc3n(C)c2=O)[nH]c2ccccc12)c1ccccc1. The van der Waals surface area contributed by atoms with Crippen LogP contribution in [0.3, 0.4) is 0 Å². The number of hydrogen-bond acceptors (Lipinski definition) is 3. The van der Waals surface area contributed by atoms with Crippen LogP contribution in [0.2, 0.25) is 0 Å². The molecule has 2 aromatic heterocycles. The van der Waals surface area contributed by atoms with E-state index < -0.39 is 23.2 Å². The highest BCUT2D eigenvalue weighted by atomic mass is 19.4. The van der Waals surface area contributed by atoms with E-state index in [9.17, 15) is 27.9 Å². The average Bonchev–Trinajstić information content (AvgIpc) is 3.43. The van der Waals surface area contributed by atoms with E-state index in [4.69, 9.17) is 0 Å². The predicted molar refractivity (Wildman–Crippen MR) is 173 cm³/mol. The van der Waals surface area contributed by atoms with Gasteiger partial charge in [-0.1, -0.05) is 60.7 Å². The Morgan fingerprint density at radius 3 is 2.24 bits per heavy atom. The molecule has 6 aromatic rings. The molecule has 0 spiro atoms. The van der Waals surface area contributed by atoms with Gasteiger partial charge in [0.25, 0.3) is 5.56 Å². The molecule has 0 saturated carbocycles. The fourth-order valence-corrected chi connectivity index (χ4v) is 6.02. The Balaban J connectivity index is 1.49. The van der Waals surface area contributed by atoms with Crippen molar-refractivity contribution in [2.24, 2.45) is 7.05 Å². The number of amides is 2. The number of hydrogen-bond donors (Lipinski definition) is 3. The number of rotatable bonds is 7. The number of H-pyrrole nitrogens is 1. The lowest BCUT2D eigenvalue weighted by molar-refractivity contribution is -0.137. The minimum absolute atomic E-state index is 0.0293. The van der Waals surface area contributed by atoms with E-state index in [0.717, 1.165) is 34.3 Å². The lowest BCUT2D eigenvalue weighted by Crippen LogP contribution is -2.38. The van der Waals surface area contributed by atoms with Gasteiger partial charge in [-0.15, -0.1) is 0 Å². The van der Waals surface area contributed by atoms with Crippen LogP contribution < -0.4 is 15.8 Å². The molecule has 0 bridgehead atoms. The van der Waals surface area contributed by atoms with Crippen molar-refractivity contribution in [3.63, 3.8) is 0 Å². The van der Waals surface area contributed by atoms with Crippen molar-refractivity contribution in [1.29, 1.82) is 0 Å². The maximum atomic E-state index is 14.0. The number of aromatic amines is 1. The van der Waals surface area contributed by atoms with Gasteiger partial charge in [-0.25, -0.2) is 4.79 Å². The van der Waals surface area contributed by atoms with Gasteiger partial charge in [0, 0.05) is 48.3 Å². The summed E-state index contributed by atoms with van der Waals surface area (Å²) in [4.78, 5) is 31.9. The maximum Gasteiger partial charge on any atom is 0.416 e. The van der Waals surface area contributed by atoms with Crippen LogP contribution in [0, 0.1) is 0 Å². The lowest BCUT2D eigenvalue weighted by atomic mass is 9.84. The standard InChI is InChI=1S/C36H31F3N4O3/c1-42(24-10-4-3-5-11-24)35(46)40-21-20-26-25-12-6-8-14-28(25)41-32(26)30(22-16-18-23(19-17-22)36(37,38)39)31-33(44)27-13-7-9-15-29(27)43(2)34(31)45/h3-19,30,41,44H,20-21H2,1-2H3,(H,40,46). The summed E-state index contributed by atoms with van der Waals surface area (Å²) in [6, 6.07) is 27.9. The molecule has 2 heterocycles. The molecule has 7 nitrogen and oxygen atoms in total. The average molecular weight is 625 g/mol. The fourth-order valence-electron chi connectivity index (χ4n) is 6.02. The molecule has 46 heavy (non-hydrogen) atoms. The third-order valence-corrected chi connectivity index (χ3v) is 8.41. The number of anilines is 1. The third-order valence-electron chi connectivity index (χ3n) is 8.41. The van der Waals surface area contributed by atoms with Crippen LogP contribution in [0.5, 0.6) is 5.75 Å². The third kappa shape index (κ3) is 5.58. The number of carbonyl (C=O) groups is 1. The highest BCUT2D eigenvalue weighted by Crippen LogP contribution is 2.41. The number of urea groups is 1. The van der Waals surface area contributed by atoms with Crippen molar-refractivity contribution in [2.75, 3.05) is 18.5 Å². The number of halogens is 3. The van der Waals surface area contributed by atoms with E-state index in [2.05, 4.69) is 10.3 Å². The molecular weight excluding hydrogens is 593 g/mol. The molecule has 4 aromatic carbocycles. The van der Waals surface area contributed by atoms with Gasteiger partial charge in [0.05, 0.1) is 22.6 Å². The van der Waals surface area contributed by atoms with Gasteiger partial charge in [0.1, 0.15) is 5.75 Å². The Labute approximate surface area is 262 Å². The predicted octanol–water partition coefficient (Wildman–Crippen LogP) is 7.31. The van der Waals surface area contributed by atoms with Crippen LogP contribution in [0.15, 0.2) is 108 Å². The Hall–Kier alpha value is -5.51. The molecule has 1 unspecified atom stereocenters. The van der Waals surface area contributed by atoms with E-state index in [1.54, 1.807) is 38.4 Å². The first-order valence-electron chi connectivity index (χ1n) is 14.7. The first-order valence-corrected chi connectivity index (χ1v) is 14.7. The molecule has 0 radical (unpaired) electrons. The van der Waals surface area contributed by atoms with E-state index in [1.807, 2.05) is 54.6 Å². The fraction of sp³-hybridized carbons (Fsp3) is 0.167. The second-order valence-electron chi connectivity index (χ2n) is 11.1. The summed E-state index contributed by atoms with van der Waals surface area (Å²) in [5, 5.41) is 15.9. The van der Waals surface area contributed by atoms with Crippen molar-refractivity contribution in [1.82, 2.24) is 14.9 Å². The Bertz CT molecular complexity index is 2100. The number of nitrogens with zero attached hydrogens (tertiary/aromatic N) is 2. The van der Waals surface area contributed by atoms with Crippen molar-refractivity contribution in [3.05, 3.63) is 141 Å². The second-order valence-corrected chi connectivity index (χ2v) is 11.1. The summed E-state index contributed by atoms with van der Waals surface area (Å²) in [5.74, 6) is -1.21. The minimum Gasteiger partial charge on any atom is -0.507 e. The van der Waals surface area contributed by atoms with Crippen LogP contribution in [0.1, 0.15) is 33.9 Å². The molecule has 0 aliphatic rings. The smallest absolute Gasteiger partial charge is 0.416 e.